The van der Waals surface area contributed by atoms with E-state index in [2.05, 4.69) is 33.9 Å². The largest absolute Gasteiger partial charge is 0.478 e. The molecule has 1 atom stereocenters. The van der Waals surface area contributed by atoms with Crippen LogP contribution in [0.15, 0.2) is 12.4 Å². The van der Waals surface area contributed by atoms with Crippen LogP contribution in [0.2, 0.25) is 0 Å². The van der Waals surface area contributed by atoms with Crippen LogP contribution in [-0.4, -0.2) is 54.7 Å². The fourth-order valence-electron chi connectivity index (χ4n) is 2.39. The second-order valence-electron chi connectivity index (χ2n) is 4.82. The lowest BCUT2D eigenvalue weighted by Gasteiger charge is -2.36. The fraction of sp³-hybridized carbons (Fsp3) is 0.692. The number of aromatic nitrogens is 2. The normalized spacial score (nSPS) is 20.7. The van der Waals surface area contributed by atoms with Crippen LogP contribution in [0.3, 0.4) is 0 Å². The van der Waals surface area contributed by atoms with Crippen LogP contribution in [0.1, 0.15) is 19.8 Å². The number of nitrogens with zero attached hydrogens (tertiary/aromatic N) is 4. The van der Waals surface area contributed by atoms with Gasteiger partial charge in [0.05, 0.1) is 6.61 Å². The lowest BCUT2D eigenvalue weighted by atomic mass is 10.1. The van der Waals surface area contributed by atoms with E-state index in [9.17, 15) is 0 Å². The molecule has 0 aromatic carbocycles. The van der Waals surface area contributed by atoms with Crippen LogP contribution in [-0.2, 0) is 0 Å². The summed E-state index contributed by atoms with van der Waals surface area (Å²) in [6.07, 6.45) is 4.03. The van der Waals surface area contributed by atoms with Gasteiger partial charge in [-0.05, 0) is 33.4 Å². The maximum Gasteiger partial charge on any atom is 0.218 e. The molecule has 2 rings (SSSR count). The van der Waals surface area contributed by atoms with Gasteiger partial charge in [-0.2, -0.15) is 0 Å². The lowest BCUT2D eigenvalue weighted by molar-refractivity contribution is 0.247. The number of rotatable bonds is 4. The number of likely N-dealkylation sites (tertiary alicyclic amines) is 1. The summed E-state index contributed by atoms with van der Waals surface area (Å²) in [6.45, 7) is 4.87. The van der Waals surface area contributed by atoms with E-state index in [0.717, 1.165) is 12.4 Å². The molecule has 0 bridgehead atoms. The smallest absolute Gasteiger partial charge is 0.218 e. The third-order valence-electron chi connectivity index (χ3n) is 3.43. The Kier molecular flexibility index (Phi) is 4.36. The first kappa shape index (κ1) is 13.1. The Hall–Kier alpha value is -1.36. The minimum absolute atomic E-state index is 0.521. The predicted molar refractivity (Wildman–Crippen MR) is 72.1 cm³/mol. The van der Waals surface area contributed by atoms with Gasteiger partial charge in [-0.1, -0.05) is 0 Å². The maximum atomic E-state index is 5.42. The van der Waals surface area contributed by atoms with Crippen molar-refractivity contribution in [3.63, 3.8) is 0 Å². The molecule has 2 heterocycles. The van der Waals surface area contributed by atoms with Crippen LogP contribution in [0.5, 0.6) is 5.88 Å². The Bertz CT molecular complexity index is 385. The molecule has 1 aromatic heterocycles. The number of anilines is 1. The van der Waals surface area contributed by atoms with Gasteiger partial charge < -0.3 is 14.5 Å². The zero-order valence-corrected chi connectivity index (χ0v) is 11.5. The monoisotopic (exact) mass is 250 g/mol. The van der Waals surface area contributed by atoms with E-state index >= 15 is 0 Å². The highest BCUT2D eigenvalue weighted by molar-refractivity contribution is 5.41. The highest BCUT2D eigenvalue weighted by Gasteiger charge is 2.22. The number of ether oxygens (including phenoxy) is 1. The molecule has 0 amide bonds. The van der Waals surface area contributed by atoms with E-state index in [1.54, 1.807) is 6.33 Å². The third kappa shape index (κ3) is 3.10. The molecule has 0 radical (unpaired) electrons. The van der Waals surface area contributed by atoms with Crippen LogP contribution in [0.25, 0.3) is 0 Å². The van der Waals surface area contributed by atoms with Gasteiger partial charge in [0, 0.05) is 25.7 Å². The summed E-state index contributed by atoms with van der Waals surface area (Å²) in [5.74, 6) is 1.59. The molecule has 18 heavy (non-hydrogen) atoms. The summed E-state index contributed by atoms with van der Waals surface area (Å²) in [4.78, 5) is 13.0. The standard InChI is InChI=1S/C13H22N4O/c1-4-18-13-8-12(14-10-15-13)17(3)11-6-5-7-16(2)9-11/h8,10-11H,4-7,9H2,1-3H3. The lowest BCUT2D eigenvalue weighted by Crippen LogP contribution is -2.45. The average molecular weight is 250 g/mol. The van der Waals surface area contributed by atoms with Crippen molar-refractivity contribution in [2.45, 2.75) is 25.8 Å². The van der Waals surface area contributed by atoms with Gasteiger partial charge in [0.2, 0.25) is 5.88 Å². The Morgan fingerprint density at radius 1 is 1.50 bits per heavy atom. The summed E-state index contributed by atoms with van der Waals surface area (Å²) in [5.41, 5.74) is 0. The molecule has 1 aromatic rings. The summed E-state index contributed by atoms with van der Waals surface area (Å²) < 4.78 is 5.42. The van der Waals surface area contributed by atoms with Crippen molar-refractivity contribution in [3.8, 4) is 5.88 Å². The van der Waals surface area contributed by atoms with Crippen molar-refractivity contribution < 1.29 is 4.74 Å². The SMILES string of the molecule is CCOc1cc(N(C)C2CCCN(C)C2)ncn1. The first-order valence-corrected chi connectivity index (χ1v) is 6.57. The van der Waals surface area contributed by atoms with Crippen LogP contribution < -0.4 is 9.64 Å². The summed E-state index contributed by atoms with van der Waals surface area (Å²) >= 11 is 0. The molecule has 0 saturated carbocycles. The van der Waals surface area contributed by atoms with Gasteiger partial charge in [-0.25, -0.2) is 9.97 Å². The molecule has 100 valence electrons. The van der Waals surface area contributed by atoms with E-state index in [-0.39, 0.29) is 0 Å². The van der Waals surface area contributed by atoms with Crippen molar-refractivity contribution in [2.24, 2.45) is 0 Å². The van der Waals surface area contributed by atoms with Crippen LogP contribution in [0, 0.1) is 0 Å². The van der Waals surface area contributed by atoms with Gasteiger partial charge in [0.25, 0.3) is 0 Å². The van der Waals surface area contributed by atoms with E-state index in [1.165, 1.54) is 19.4 Å². The van der Waals surface area contributed by atoms with Gasteiger partial charge in [0.1, 0.15) is 12.1 Å². The van der Waals surface area contributed by atoms with Crippen molar-refractivity contribution in [1.29, 1.82) is 0 Å². The van der Waals surface area contributed by atoms with E-state index in [0.29, 0.717) is 18.5 Å². The number of hydrogen-bond acceptors (Lipinski definition) is 5. The summed E-state index contributed by atoms with van der Waals surface area (Å²) in [6, 6.07) is 2.44. The third-order valence-corrected chi connectivity index (χ3v) is 3.43. The zero-order chi connectivity index (χ0) is 13.0. The van der Waals surface area contributed by atoms with Crippen LogP contribution in [0.4, 0.5) is 5.82 Å². The Morgan fingerprint density at radius 2 is 2.33 bits per heavy atom. The fourth-order valence-corrected chi connectivity index (χ4v) is 2.39. The molecule has 1 saturated heterocycles. The maximum absolute atomic E-state index is 5.42. The molecule has 0 N–H and O–H groups in total. The molecule has 1 aliphatic rings. The van der Waals surface area contributed by atoms with Crippen molar-refractivity contribution in [1.82, 2.24) is 14.9 Å². The molecule has 1 unspecified atom stereocenters. The molecule has 1 fully saturated rings. The first-order valence-electron chi connectivity index (χ1n) is 6.57. The Morgan fingerprint density at radius 3 is 3.06 bits per heavy atom. The number of likely N-dealkylation sites (N-methyl/N-ethyl adjacent to an activating group) is 2. The highest BCUT2D eigenvalue weighted by Crippen LogP contribution is 2.21. The summed E-state index contributed by atoms with van der Waals surface area (Å²) in [5, 5.41) is 0. The van der Waals surface area contributed by atoms with E-state index in [4.69, 9.17) is 4.74 Å². The number of piperidine rings is 1. The second kappa shape index (κ2) is 6.00. The molecule has 5 nitrogen and oxygen atoms in total. The minimum atomic E-state index is 0.521. The van der Waals surface area contributed by atoms with Gasteiger partial charge in [-0.15, -0.1) is 0 Å². The second-order valence-corrected chi connectivity index (χ2v) is 4.82. The van der Waals surface area contributed by atoms with Gasteiger partial charge in [-0.3, -0.25) is 0 Å². The van der Waals surface area contributed by atoms with Gasteiger partial charge >= 0.3 is 0 Å². The van der Waals surface area contributed by atoms with Crippen LogP contribution >= 0.6 is 0 Å². The Balaban J connectivity index is 2.07. The number of hydrogen-bond donors (Lipinski definition) is 0. The average Bonchev–Trinajstić information content (AvgIpc) is 2.39. The summed E-state index contributed by atoms with van der Waals surface area (Å²) in [7, 11) is 4.27. The van der Waals surface area contributed by atoms with Crippen molar-refractivity contribution in [2.75, 3.05) is 38.7 Å². The molecule has 5 heteroatoms. The van der Waals surface area contributed by atoms with E-state index < -0.39 is 0 Å². The molecule has 0 spiro atoms. The zero-order valence-electron chi connectivity index (χ0n) is 11.5. The first-order chi connectivity index (χ1) is 8.70. The van der Waals surface area contributed by atoms with Gasteiger partial charge in [0.15, 0.2) is 0 Å². The Labute approximate surface area is 109 Å². The molecule has 1 aliphatic heterocycles. The molecular weight excluding hydrogens is 228 g/mol. The van der Waals surface area contributed by atoms with Crippen molar-refractivity contribution >= 4 is 5.82 Å². The predicted octanol–water partition coefficient (Wildman–Crippen LogP) is 1.41. The topological polar surface area (TPSA) is 41.5 Å². The molecule has 0 aliphatic carbocycles. The minimum Gasteiger partial charge on any atom is -0.478 e. The van der Waals surface area contributed by atoms with E-state index in [1.807, 2.05) is 13.0 Å². The highest BCUT2D eigenvalue weighted by atomic mass is 16.5. The molecular formula is C13H22N4O. The quantitative estimate of drug-likeness (QED) is 0.808. The van der Waals surface area contributed by atoms with Crippen molar-refractivity contribution in [3.05, 3.63) is 12.4 Å².